The summed E-state index contributed by atoms with van der Waals surface area (Å²) in [6.45, 7) is 5.08. The molecule has 0 amide bonds. The first kappa shape index (κ1) is 14.7. The lowest BCUT2D eigenvalue weighted by Gasteiger charge is -2.52. The van der Waals surface area contributed by atoms with Gasteiger partial charge in [-0.2, -0.15) is 0 Å². The Bertz CT molecular complexity index is 595. The van der Waals surface area contributed by atoms with E-state index in [1.165, 1.54) is 0 Å². The maximum Gasteiger partial charge on any atom is 0.184 e. The minimum atomic E-state index is -0.447. The van der Waals surface area contributed by atoms with Crippen LogP contribution >= 0.6 is 23.8 Å². The number of nitrogens with one attached hydrogen (secondary N) is 1. The van der Waals surface area contributed by atoms with Gasteiger partial charge in [-0.05, 0) is 31.6 Å². The highest BCUT2D eigenvalue weighted by atomic mass is 35.5. The van der Waals surface area contributed by atoms with E-state index in [-0.39, 0.29) is 6.04 Å². The largest absolute Gasteiger partial charge is 0.493 e. The third-order valence-electron chi connectivity index (χ3n) is 4.11. The predicted octanol–water partition coefficient (Wildman–Crippen LogP) is 3.49. The van der Waals surface area contributed by atoms with E-state index in [1.54, 1.807) is 13.2 Å². The summed E-state index contributed by atoms with van der Waals surface area (Å²) in [7, 11) is 1.63. The molecule has 3 rings (SSSR count). The van der Waals surface area contributed by atoms with E-state index >= 15 is 0 Å². The van der Waals surface area contributed by atoms with Crippen molar-refractivity contribution in [3.63, 3.8) is 0 Å². The van der Waals surface area contributed by atoms with Crippen molar-refractivity contribution in [1.82, 2.24) is 10.2 Å². The third kappa shape index (κ3) is 2.32. The monoisotopic (exact) mass is 326 g/mol. The second-order valence-corrected chi connectivity index (χ2v) is 6.48. The summed E-state index contributed by atoms with van der Waals surface area (Å²) in [4.78, 5) is 2.12. The Morgan fingerprint density at radius 3 is 3.00 bits per heavy atom. The van der Waals surface area contributed by atoms with Crippen LogP contribution in [-0.4, -0.2) is 29.4 Å². The first-order valence-corrected chi connectivity index (χ1v) is 7.91. The van der Waals surface area contributed by atoms with E-state index in [4.69, 9.17) is 33.3 Å². The van der Waals surface area contributed by atoms with Crippen molar-refractivity contribution in [2.45, 2.75) is 38.5 Å². The van der Waals surface area contributed by atoms with E-state index in [2.05, 4.69) is 24.1 Å². The number of rotatable bonds is 3. The van der Waals surface area contributed by atoms with Crippen LogP contribution in [-0.2, 0) is 0 Å². The molecule has 2 heterocycles. The lowest BCUT2D eigenvalue weighted by atomic mass is 9.90. The highest BCUT2D eigenvalue weighted by Gasteiger charge is 2.48. The second kappa shape index (κ2) is 5.21. The number of thiocarbonyl (C=S) groups is 1. The summed E-state index contributed by atoms with van der Waals surface area (Å²) >= 11 is 11.7. The number of hydrogen-bond acceptors (Lipinski definition) is 3. The van der Waals surface area contributed by atoms with Crippen LogP contribution in [0.4, 0.5) is 0 Å². The van der Waals surface area contributed by atoms with Crippen LogP contribution in [0.2, 0.25) is 5.02 Å². The summed E-state index contributed by atoms with van der Waals surface area (Å²) in [5.74, 6) is 1.43. The van der Waals surface area contributed by atoms with Gasteiger partial charge in [0.25, 0.3) is 0 Å². The Labute approximate surface area is 135 Å². The van der Waals surface area contributed by atoms with Gasteiger partial charge in [0.1, 0.15) is 0 Å². The fourth-order valence-electron chi connectivity index (χ4n) is 3.16. The topological polar surface area (TPSA) is 33.7 Å². The standard InChI is InChI=1S/C15H19ClN2O2S/c1-4-5-18-14(21)17-11-8-15(18,2)20-13-10(11)6-9(16)7-12(13)19-3/h6-7,11H,4-5,8H2,1-3H3,(H,17,21). The van der Waals surface area contributed by atoms with Crippen LogP contribution in [0, 0.1) is 0 Å². The molecule has 1 aromatic rings. The molecule has 0 radical (unpaired) electrons. The second-order valence-electron chi connectivity index (χ2n) is 5.66. The molecule has 2 aliphatic rings. The molecular formula is C15H19ClN2O2S. The van der Waals surface area contributed by atoms with E-state index < -0.39 is 5.72 Å². The third-order valence-corrected chi connectivity index (χ3v) is 4.67. The molecular weight excluding hydrogens is 308 g/mol. The van der Waals surface area contributed by atoms with Crippen LogP contribution < -0.4 is 14.8 Å². The highest BCUT2D eigenvalue weighted by molar-refractivity contribution is 7.80. The van der Waals surface area contributed by atoms with E-state index in [0.717, 1.165) is 35.8 Å². The number of nitrogens with zero attached hydrogens (tertiary/aromatic N) is 1. The first-order valence-electron chi connectivity index (χ1n) is 7.13. The molecule has 114 valence electrons. The average Bonchev–Trinajstić information content (AvgIpc) is 2.43. The molecule has 2 unspecified atom stereocenters. The maximum absolute atomic E-state index is 6.32. The number of methoxy groups -OCH3 is 1. The zero-order chi connectivity index (χ0) is 15.2. The molecule has 0 aromatic heterocycles. The van der Waals surface area contributed by atoms with Crippen molar-refractivity contribution in [2.75, 3.05) is 13.7 Å². The number of halogens is 1. The number of hydrogen-bond donors (Lipinski definition) is 1. The Morgan fingerprint density at radius 2 is 2.33 bits per heavy atom. The lowest BCUT2D eigenvalue weighted by Crippen LogP contribution is -2.64. The SMILES string of the molecule is CCCN1C(=S)NC2CC1(C)Oc1c(OC)cc(Cl)cc12. The van der Waals surface area contributed by atoms with Gasteiger partial charge < -0.3 is 19.7 Å². The summed E-state index contributed by atoms with van der Waals surface area (Å²) in [5, 5.41) is 4.78. The molecule has 0 spiro atoms. The number of fused-ring (bicyclic) bond motifs is 4. The molecule has 2 bridgehead atoms. The Morgan fingerprint density at radius 1 is 1.57 bits per heavy atom. The van der Waals surface area contributed by atoms with Crippen molar-refractivity contribution in [3.8, 4) is 11.5 Å². The Hall–Kier alpha value is -1.20. The quantitative estimate of drug-likeness (QED) is 0.860. The fraction of sp³-hybridized carbons (Fsp3) is 0.533. The van der Waals surface area contributed by atoms with Crippen molar-refractivity contribution in [2.24, 2.45) is 0 Å². The smallest absolute Gasteiger partial charge is 0.184 e. The van der Waals surface area contributed by atoms with Crippen LogP contribution in [0.15, 0.2) is 12.1 Å². The average molecular weight is 327 g/mol. The Balaban J connectivity index is 2.09. The van der Waals surface area contributed by atoms with E-state index in [1.807, 2.05) is 6.07 Å². The molecule has 1 saturated heterocycles. The molecule has 2 atom stereocenters. The maximum atomic E-state index is 6.32. The van der Waals surface area contributed by atoms with Crippen LogP contribution in [0.3, 0.4) is 0 Å². The summed E-state index contributed by atoms with van der Waals surface area (Å²) in [6, 6.07) is 3.81. The lowest BCUT2D eigenvalue weighted by molar-refractivity contribution is -0.0694. The zero-order valence-electron chi connectivity index (χ0n) is 12.4. The number of ether oxygens (including phenoxy) is 2. The van der Waals surface area contributed by atoms with Crippen molar-refractivity contribution in [3.05, 3.63) is 22.7 Å². The fourth-order valence-corrected chi connectivity index (χ4v) is 3.80. The van der Waals surface area contributed by atoms with Gasteiger partial charge in [-0.1, -0.05) is 18.5 Å². The molecule has 2 aliphatic heterocycles. The van der Waals surface area contributed by atoms with Crippen LogP contribution in [0.25, 0.3) is 0 Å². The summed E-state index contributed by atoms with van der Waals surface area (Å²) in [5.41, 5.74) is 0.562. The molecule has 0 saturated carbocycles. The molecule has 1 aromatic carbocycles. The zero-order valence-corrected chi connectivity index (χ0v) is 14.0. The van der Waals surface area contributed by atoms with Crippen LogP contribution in [0.5, 0.6) is 11.5 Å². The van der Waals surface area contributed by atoms with E-state index in [0.29, 0.717) is 10.8 Å². The Kier molecular flexibility index (Phi) is 3.66. The van der Waals surface area contributed by atoms with Gasteiger partial charge in [-0.25, -0.2) is 0 Å². The van der Waals surface area contributed by atoms with Gasteiger partial charge in [-0.15, -0.1) is 0 Å². The van der Waals surface area contributed by atoms with Gasteiger partial charge in [0.2, 0.25) is 0 Å². The summed E-state index contributed by atoms with van der Waals surface area (Å²) in [6.07, 6.45) is 1.83. The normalized spacial score (nSPS) is 26.8. The predicted molar refractivity (Wildman–Crippen MR) is 87.1 cm³/mol. The van der Waals surface area contributed by atoms with Gasteiger partial charge in [0.15, 0.2) is 22.3 Å². The molecule has 6 heteroatoms. The van der Waals surface area contributed by atoms with E-state index in [9.17, 15) is 0 Å². The number of benzene rings is 1. The van der Waals surface area contributed by atoms with Gasteiger partial charge in [-0.3, -0.25) is 0 Å². The summed E-state index contributed by atoms with van der Waals surface area (Å²) < 4.78 is 11.8. The van der Waals surface area contributed by atoms with Crippen molar-refractivity contribution in [1.29, 1.82) is 0 Å². The van der Waals surface area contributed by atoms with Crippen molar-refractivity contribution < 1.29 is 9.47 Å². The van der Waals surface area contributed by atoms with Gasteiger partial charge in [0.05, 0.1) is 13.2 Å². The van der Waals surface area contributed by atoms with Crippen molar-refractivity contribution >= 4 is 28.9 Å². The molecule has 1 fully saturated rings. The minimum absolute atomic E-state index is 0.104. The highest BCUT2D eigenvalue weighted by Crippen LogP contribution is 2.49. The molecule has 0 aliphatic carbocycles. The molecule has 4 nitrogen and oxygen atoms in total. The first-order chi connectivity index (χ1) is 9.98. The van der Waals surface area contributed by atoms with Crippen LogP contribution in [0.1, 0.15) is 38.3 Å². The van der Waals surface area contributed by atoms with Gasteiger partial charge in [0, 0.05) is 29.6 Å². The molecule has 21 heavy (non-hydrogen) atoms. The van der Waals surface area contributed by atoms with Gasteiger partial charge >= 0.3 is 0 Å². The minimum Gasteiger partial charge on any atom is -0.493 e. The molecule has 1 N–H and O–H groups in total.